The number of rotatable bonds is 2. The van der Waals surface area contributed by atoms with E-state index in [1.807, 2.05) is 6.07 Å². The Morgan fingerprint density at radius 3 is 2.86 bits per heavy atom. The summed E-state index contributed by atoms with van der Waals surface area (Å²) in [5.41, 5.74) is 1.27. The fourth-order valence-corrected chi connectivity index (χ4v) is 2.98. The van der Waals surface area contributed by atoms with E-state index in [1.54, 1.807) is 11.3 Å². The average molecular weight is 224 g/mol. The number of thiophene rings is 1. The number of aryl methyl sites for hydroxylation is 1. The zero-order valence-electron chi connectivity index (χ0n) is 7.95. The molecule has 0 unspecified atom stereocenters. The quantitative estimate of drug-likeness (QED) is 0.750. The molecule has 0 fully saturated rings. The van der Waals surface area contributed by atoms with Gasteiger partial charge in [-0.3, -0.25) is 0 Å². The zero-order valence-corrected chi connectivity index (χ0v) is 9.66. The maximum atomic E-state index is 9.04. The molecule has 1 aromatic heterocycles. The molecule has 0 atom stereocenters. The zero-order chi connectivity index (χ0) is 10.1. The fraction of sp³-hybridized carbons (Fsp3) is 0.273. The maximum absolute atomic E-state index is 9.04. The minimum absolute atomic E-state index is 0.119. The number of hydrogen-bond donors (Lipinski definition) is 2. The van der Waals surface area contributed by atoms with E-state index < -0.39 is 0 Å². The lowest BCUT2D eigenvalue weighted by molar-refractivity contribution is 0.285. The highest BCUT2D eigenvalue weighted by Crippen LogP contribution is 2.32. The van der Waals surface area contributed by atoms with E-state index >= 15 is 0 Å². The fourth-order valence-electron chi connectivity index (χ4n) is 1.56. The van der Waals surface area contributed by atoms with Gasteiger partial charge in [0, 0.05) is 19.9 Å². The van der Waals surface area contributed by atoms with Gasteiger partial charge in [-0.15, -0.1) is 24.0 Å². The van der Waals surface area contributed by atoms with Crippen LogP contribution in [0, 0.1) is 0 Å². The Hall–Kier alpha value is -0.510. The average Bonchev–Trinajstić information content (AvgIpc) is 2.62. The van der Waals surface area contributed by atoms with Gasteiger partial charge in [-0.1, -0.05) is 13.0 Å². The third kappa shape index (κ3) is 1.56. The van der Waals surface area contributed by atoms with Crippen molar-refractivity contribution < 1.29 is 5.11 Å². The first-order chi connectivity index (χ1) is 6.76. The number of fused-ring (bicyclic) bond motifs is 1. The Kier molecular flexibility index (Phi) is 2.81. The Labute approximate surface area is 92.8 Å². The molecular formula is C11H12OS2. The van der Waals surface area contributed by atoms with Crippen LogP contribution in [0.5, 0.6) is 0 Å². The van der Waals surface area contributed by atoms with Crippen molar-refractivity contribution in [3.63, 3.8) is 0 Å². The summed E-state index contributed by atoms with van der Waals surface area (Å²) in [6, 6.07) is 6.25. The van der Waals surface area contributed by atoms with Crippen LogP contribution >= 0.6 is 24.0 Å². The Bertz CT molecular complexity index is 460. The summed E-state index contributed by atoms with van der Waals surface area (Å²) in [7, 11) is 0. The molecule has 0 aliphatic heterocycles. The molecule has 14 heavy (non-hydrogen) atoms. The van der Waals surface area contributed by atoms with E-state index in [1.165, 1.54) is 15.6 Å². The van der Waals surface area contributed by atoms with Crippen molar-refractivity contribution >= 4 is 34.1 Å². The molecule has 1 heterocycles. The van der Waals surface area contributed by atoms with Gasteiger partial charge in [0.1, 0.15) is 0 Å². The largest absolute Gasteiger partial charge is 0.391 e. The smallest absolute Gasteiger partial charge is 0.0774 e. The van der Waals surface area contributed by atoms with Crippen LogP contribution < -0.4 is 0 Å². The molecule has 0 saturated heterocycles. The SMILES string of the molecule is CCc1ccc2sc(CO)cc2c1S. The first kappa shape index (κ1) is 10.0. The Balaban J connectivity index is 2.68. The first-order valence-electron chi connectivity index (χ1n) is 4.60. The maximum Gasteiger partial charge on any atom is 0.0774 e. The second kappa shape index (κ2) is 3.93. The summed E-state index contributed by atoms with van der Waals surface area (Å²) in [5, 5.41) is 10.2. The lowest BCUT2D eigenvalue weighted by atomic mass is 10.1. The predicted octanol–water partition coefficient (Wildman–Crippen LogP) is 3.24. The summed E-state index contributed by atoms with van der Waals surface area (Å²) in [6.45, 7) is 2.24. The van der Waals surface area contributed by atoms with E-state index in [4.69, 9.17) is 5.11 Å². The minimum Gasteiger partial charge on any atom is -0.391 e. The highest BCUT2D eigenvalue weighted by molar-refractivity contribution is 7.80. The van der Waals surface area contributed by atoms with Gasteiger partial charge in [0.25, 0.3) is 0 Å². The third-order valence-corrected chi connectivity index (χ3v) is 3.96. The van der Waals surface area contributed by atoms with Crippen molar-refractivity contribution in [1.82, 2.24) is 0 Å². The van der Waals surface area contributed by atoms with Gasteiger partial charge in [0.05, 0.1) is 6.61 Å². The van der Waals surface area contributed by atoms with Crippen molar-refractivity contribution in [3.05, 3.63) is 28.6 Å². The number of benzene rings is 1. The van der Waals surface area contributed by atoms with Gasteiger partial charge >= 0.3 is 0 Å². The van der Waals surface area contributed by atoms with Crippen LogP contribution in [0.25, 0.3) is 10.1 Å². The van der Waals surface area contributed by atoms with Gasteiger partial charge in [-0.2, -0.15) is 0 Å². The van der Waals surface area contributed by atoms with E-state index in [9.17, 15) is 0 Å². The molecule has 1 aromatic carbocycles. The van der Waals surface area contributed by atoms with Crippen LogP contribution in [0.4, 0.5) is 0 Å². The molecule has 0 spiro atoms. The van der Waals surface area contributed by atoms with Crippen molar-refractivity contribution in [2.24, 2.45) is 0 Å². The minimum atomic E-state index is 0.119. The number of aliphatic hydroxyl groups is 1. The molecule has 1 N–H and O–H groups in total. The number of thiol groups is 1. The molecular weight excluding hydrogens is 212 g/mol. The second-order valence-corrected chi connectivity index (χ2v) is 4.83. The van der Waals surface area contributed by atoms with Crippen LogP contribution in [0.2, 0.25) is 0 Å². The molecule has 1 nitrogen and oxygen atoms in total. The van der Waals surface area contributed by atoms with Crippen LogP contribution in [0.1, 0.15) is 17.4 Å². The third-order valence-electron chi connectivity index (χ3n) is 2.34. The van der Waals surface area contributed by atoms with Crippen LogP contribution in [0.15, 0.2) is 23.1 Å². The molecule has 0 aliphatic rings. The topological polar surface area (TPSA) is 20.2 Å². The molecule has 74 valence electrons. The number of hydrogen-bond acceptors (Lipinski definition) is 3. The summed E-state index contributed by atoms with van der Waals surface area (Å²) in [6.07, 6.45) is 0.999. The van der Waals surface area contributed by atoms with E-state index in [2.05, 4.69) is 31.7 Å². The molecule has 0 aliphatic carbocycles. The summed E-state index contributed by atoms with van der Waals surface area (Å²) >= 11 is 6.15. The monoisotopic (exact) mass is 224 g/mol. The highest BCUT2D eigenvalue weighted by atomic mass is 32.1. The van der Waals surface area contributed by atoms with Crippen LogP contribution in [0.3, 0.4) is 0 Å². The Morgan fingerprint density at radius 2 is 2.21 bits per heavy atom. The van der Waals surface area contributed by atoms with E-state index in [-0.39, 0.29) is 6.61 Å². The standard InChI is InChI=1S/C11H12OS2/c1-2-7-3-4-10-9(11(7)13)5-8(6-12)14-10/h3-5,12-13H,2,6H2,1H3. The van der Waals surface area contributed by atoms with Gasteiger partial charge < -0.3 is 5.11 Å². The van der Waals surface area contributed by atoms with Crippen LogP contribution in [-0.4, -0.2) is 5.11 Å². The molecule has 0 radical (unpaired) electrons. The predicted molar refractivity (Wildman–Crippen MR) is 64.4 cm³/mol. The first-order valence-corrected chi connectivity index (χ1v) is 5.86. The van der Waals surface area contributed by atoms with Crippen molar-refractivity contribution in [1.29, 1.82) is 0 Å². The van der Waals surface area contributed by atoms with Crippen molar-refractivity contribution in [2.45, 2.75) is 24.8 Å². The van der Waals surface area contributed by atoms with Gasteiger partial charge in [-0.05, 0) is 24.1 Å². The molecule has 2 rings (SSSR count). The lowest BCUT2D eigenvalue weighted by Gasteiger charge is -2.01. The lowest BCUT2D eigenvalue weighted by Crippen LogP contribution is -1.81. The van der Waals surface area contributed by atoms with Gasteiger partial charge in [-0.25, -0.2) is 0 Å². The highest BCUT2D eigenvalue weighted by Gasteiger charge is 2.06. The number of aliphatic hydroxyl groups excluding tert-OH is 1. The Morgan fingerprint density at radius 1 is 1.43 bits per heavy atom. The summed E-state index contributed by atoms with van der Waals surface area (Å²) in [5.74, 6) is 0. The van der Waals surface area contributed by atoms with E-state index in [0.29, 0.717) is 0 Å². The van der Waals surface area contributed by atoms with E-state index in [0.717, 1.165) is 16.2 Å². The van der Waals surface area contributed by atoms with Crippen LogP contribution in [-0.2, 0) is 13.0 Å². The van der Waals surface area contributed by atoms with Gasteiger partial charge in [0.2, 0.25) is 0 Å². The molecule has 2 aromatic rings. The molecule has 0 bridgehead atoms. The van der Waals surface area contributed by atoms with Gasteiger partial charge in [0.15, 0.2) is 0 Å². The normalized spacial score (nSPS) is 11.1. The summed E-state index contributed by atoms with van der Waals surface area (Å²) < 4.78 is 1.20. The van der Waals surface area contributed by atoms with Crippen molar-refractivity contribution in [3.8, 4) is 0 Å². The summed E-state index contributed by atoms with van der Waals surface area (Å²) in [4.78, 5) is 2.06. The molecule has 0 saturated carbocycles. The molecule has 0 amide bonds. The molecule has 3 heteroatoms. The second-order valence-electron chi connectivity index (χ2n) is 3.21. The van der Waals surface area contributed by atoms with Crippen molar-refractivity contribution in [2.75, 3.05) is 0 Å².